The Bertz CT molecular complexity index is 280. The average molecular weight is 329 g/mol. The fourth-order valence-electron chi connectivity index (χ4n) is 0.818. The molecule has 0 aliphatic heterocycles. The van der Waals surface area contributed by atoms with Crippen LogP contribution in [0.15, 0.2) is 9.21 Å². The van der Waals surface area contributed by atoms with Gasteiger partial charge in [0.05, 0.1) is 26.4 Å². The van der Waals surface area contributed by atoms with Gasteiger partial charge in [0.15, 0.2) is 4.60 Å². The zero-order chi connectivity index (χ0) is 10.4. The van der Waals surface area contributed by atoms with Gasteiger partial charge >= 0.3 is 0 Å². The number of aromatic nitrogens is 3. The van der Waals surface area contributed by atoms with Crippen molar-refractivity contribution in [3.05, 3.63) is 9.21 Å². The Kier molecular flexibility index (Phi) is 5.61. The van der Waals surface area contributed by atoms with Crippen LogP contribution in [0.5, 0.6) is 0 Å². The van der Waals surface area contributed by atoms with Crippen LogP contribution in [0.2, 0.25) is 0 Å². The van der Waals surface area contributed by atoms with Crippen LogP contribution in [0.3, 0.4) is 0 Å². The van der Waals surface area contributed by atoms with Crippen molar-refractivity contribution in [2.75, 3.05) is 26.9 Å². The van der Waals surface area contributed by atoms with E-state index < -0.39 is 0 Å². The molecule has 0 bridgehead atoms. The van der Waals surface area contributed by atoms with Gasteiger partial charge in [0.2, 0.25) is 0 Å². The molecule has 0 fully saturated rings. The van der Waals surface area contributed by atoms with Crippen molar-refractivity contribution in [2.45, 2.75) is 6.54 Å². The van der Waals surface area contributed by atoms with E-state index in [0.29, 0.717) is 31.0 Å². The summed E-state index contributed by atoms with van der Waals surface area (Å²) in [5.74, 6) is 0. The lowest BCUT2D eigenvalue weighted by molar-refractivity contribution is 0.0650. The molecular formula is C7H11Br2N3O2. The van der Waals surface area contributed by atoms with Crippen molar-refractivity contribution in [3.8, 4) is 0 Å². The Labute approximate surface area is 99.0 Å². The van der Waals surface area contributed by atoms with Crippen molar-refractivity contribution in [1.29, 1.82) is 0 Å². The SMILES string of the molecule is COCCOCCn1nnc(Br)c1Br. The Morgan fingerprint density at radius 3 is 2.64 bits per heavy atom. The van der Waals surface area contributed by atoms with E-state index in [9.17, 15) is 0 Å². The highest BCUT2D eigenvalue weighted by Gasteiger charge is 2.05. The highest BCUT2D eigenvalue weighted by Crippen LogP contribution is 2.18. The summed E-state index contributed by atoms with van der Waals surface area (Å²) >= 11 is 6.59. The van der Waals surface area contributed by atoms with Crippen molar-refractivity contribution >= 4 is 31.9 Å². The van der Waals surface area contributed by atoms with Gasteiger partial charge in [-0.25, -0.2) is 4.68 Å². The van der Waals surface area contributed by atoms with Gasteiger partial charge in [0, 0.05) is 7.11 Å². The van der Waals surface area contributed by atoms with Gasteiger partial charge in [0.1, 0.15) is 4.60 Å². The fraction of sp³-hybridized carbons (Fsp3) is 0.714. The first-order chi connectivity index (χ1) is 6.75. The molecule has 80 valence electrons. The number of ether oxygens (including phenoxy) is 2. The maximum absolute atomic E-state index is 5.29. The summed E-state index contributed by atoms with van der Waals surface area (Å²) in [6.07, 6.45) is 0. The number of rotatable bonds is 6. The first kappa shape index (κ1) is 12.1. The second kappa shape index (κ2) is 6.49. The molecule has 0 aliphatic carbocycles. The molecule has 0 saturated carbocycles. The van der Waals surface area contributed by atoms with Gasteiger partial charge < -0.3 is 9.47 Å². The Hall–Kier alpha value is 0.0200. The van der Waals surface area contributed by atoms with E-state index in [1.807, 2.05) is 0 Å². The molecule has 14 heavy (non-hydrogen) atoms. The van der Waals surface area contributed by atoms with Gasteiger partial charge in [-0.2, -0.15) is 0 Å². The van der Waals surface area contributed by atoms with Gasteiger partial charge in [-0.1, -0.05) is 5.21 Å². The van der Waals surface area contributed by atoms with Crippen LogP contribution in [0.4, 0.5) is 0 Å². The summed E-state index contributed by atoms with van der Waals surface area (Å²) in [5, 5.41) is 7.73. The molecule has 0 radical (unpaired) electrons. The molecule has 0 spiro atoms. The quantitative estimate of drug-likeness (QED) is 0.742. The fourth-order valence-corrected chi connectivity index (χ4v) is 1.42. The average Bonchev–Trinajstić information content (AvgIpc) is 2.49. The zero-order valence-electron chi connectivity index (χ0n) is 7.74. The molecular weight excluding hydrogens is 318 g/mol. The lowest BCUT2D eigenvalue weighted by Crippen LogP contribution is -2.10. The third-order valence-corrected chi connectivity index (χ3v) is 3.37. The van der Waals surface area contributed by atoms with Crippen LogP contribution in [0.25, 0.3) is 0 Å². The predicted octanol–water partition coefficient (Wildman–Crippen LogP) is 1.47. The Morgan fingerprint density at radius 1 is 1.29 bits per heavy atom. The van der Waals surface area contributed by atoms with E-state index in [-0.39, 0.29) is 0 Å². The van der Waals surface area contributed by atoms with Gasteiger partial charge in [-0.15, -0.1) is 5.10 Å². The third kappa shape index (κ3) is 3.64. The molecule has 1 heterocycles. The van der Waals surface area contributed by atoms with Crippen molar-refractivity contribution < 1.29 is 9.47 Å². The van der Waals surface area contributed by atoms with E-state index in [1.54, 1.807) is 11.8 Å². The molecule has 5 nitrogen and oxygen atoms in total. The van der Waals surface area contributed by atoms with Gasteiger partial charge in [-0.05, 0) is 31.9 Å². The topological polar surface area (TPSA) is 49.2 Å². The van der Waals surface area contributed by atoms with Crippen molar-refractivity contribution in [1.82, 2.24) is 15.0 Å². The molecule has 7 heteroatoms. The van der Waals surface area contributed by atoms with Crippen LogP contribution in [-0.4, -0.2) is 41.9 Å². The molecule has 1 aromatic heterocycles. The normalized spacial score (nSPS) is 10.8. The predicted molar refractivity (Wildman–Crippen MR) is 58.1 cm³/mol. The second-order valence-corrected chi connectivity index (χ2v) is 4.00. The minimum atomic E-state index is 0.595. The summed E-state index contributed by atoms with van der Waals surface area (Å²) in [4.78, 5) is 0. The maximum Gasteiger partial charge on any atom is 0.162 e. The number of nitrogens with zero attached hydrogens (tertiary/aromatic N) is 3. The Morgan fingerprint density at radius 2 is 2.07 bits per heavy atom. The zero-order valence-corrected chi connectivity index (χ0v) is 10.9. The Balaban J connectivity index is 2.21. The smallest absolute Gasteiger partial charge is 0.162 e. The maximum atomic E-state index is 5.29. The molecule has 1 rings (SSSR count). The summed E-state index contributed by atoms with van der Waals surface area (Å²) in [7, 11) is 1.65. The summed E-state index contributed by atoms with van der Waals surface area (Å²) in [6.45, 7) is 2.48. The first-order valence-corrected chi connectivity index (χ1v) is 5.65. The molecule has 0 amide bonds. The van der Waals surface area contributed by atoms with Gasteiger partial charge in [0.25, 0.3) is 0 Å². The van der Waals surface area contributed by atoms with Gasteiger partial charge in [-0.3, -0.25) is 0 Å². The lowest BCUT2D eigenvalue weighted by atomic mass is 10.6. The minimum absolute atomic E-state index is 0.595. The van der Waals surface area contributed by atoms with Crippen LogP contribution in [-0.2, 0) is 16.0 Å². The largest absolute Gasteiger partial charge is 0.382 e. The number of hydrogen-bond donors (Lipinski definition) is 0. The summed E-state index contributed by atoms with van der Waals surface area (Å²) in [5.41, 5.74) is 0. The van der Waals surface area contributed by atoms with E-state index in [1.165, 1.54) is 0 Å². The molecule has 0 saturated heterocycles. The highest BCUT2D eigenvalue weighted by atomic mass is 79.9. The minimum Gasteiger partial charge on any atom is -0.382 e. The molecule has 0 N–H and O–H groups in total. The van der Waals surface area contributed by atoms with Crippen LogP contribution >= 0.6 is 31.9 Å². The van der Waals surface area contributed by atoms with Crippen molar-refractivity contribution in [2.24, 2.45) is 0 Å². The summed E-state index contributed by atoms with van der Waals surface area (Å²) in [6, 6.07) is 0. The molecule has 0 aliphatic rings. The monoisotopic (exact) mass is 327 g/mol. The highest BCUT2D eigenvalue weighted by molar-refractivity contribution is 9.13. The molecule has 0 unspecified atom stereocenters. The van der Waals surface area contributed by atoms with E-state index in [0.717, 1.165) is 4.60 Å². The second-order valence-electron chi connectivity index (χ2n) is 2.50. The molecule has 0 atom stereocenters. The van der Waals surface area contributed by atoms with Crippen LogP contribution < -0.4 is 0 Å². The van der Waals surface area contributed by atoms with Crippen molar-refractivity contribution in [3.63, 3.8) is 0 Å². The van der Waals surface area contributed by atoms with Crippen LogP contribution in [0, 0.1) is 0 Å². The number of methoxy groups -OCH3 is 1. The number of hydrogen-bond acceptors (Lipinski definition) is 4. The number of halogens is 2. The van der Waals surface area contributed by atoms with E-state index in [4.69, 9.17) is 9.47 Å². The first-order valence-electron chi connectivity index (χ1n) is 4.07. The summed E-state index contributed by atoms with van der Waals surface area (Å²) < 4.78 is 13.4. The molecule has 0 aromatic carbocycles. The lowest BCUT2D eigenvalue weighted by Gasteiger charge is -2.03. The van der Waals surface area contributed by atoms with E-state index >= 15 is 0 Å². The van der Waals surface area contributed by atoms with E-state index in [2.05, 4.69) is 42.2 Å². The standard InChI is InChI=1S/C7H11Br2N3O2/c1-13-4-5-14-3-2-12-7(9)6(8)10-11-12/h2-5H2,1H3. The molecule has 1 aromatic rings. The third-order valence-electron chi connectivity index (χ3n) is 1.52. The van der Waals surface area contributed by atoms with Crippen LogP contribution in [0.1, 0.15) is 0 Å².